The number of hydrogen-bond acceptors (Lipinski definition) is 3. The van der Waals surface area contributed by atoms with Crippen LogP contribution in [-0.2, 0) is 6.54 Å². The molecule has 0 aliphatic heterocycles. The van der Waals surface area contributed by atoms with Gasteiger partial charge in [0.15, 0.2) is 0 Å². The largest absolute Gasteiger partial charge is 0.310 e. The lowest BCUT2D eigenvalue weighted by atomic mass is 10.3. The summed E-state index contributed by atoms with van der Waals surface area (Å²) >= 11 is 0. The number of rotatable bonds is 4. The Morgan fingerprint density at radius 1 is 1.32 bits per heavy atom. The Hall–Kier alpha value is -2.76. The Kier molecular flexibility index (Phi) is 3.82. The van der Waals surface area contributed by atoms with E-state index in [0.717, 1.165) is 11.9 Å². The molecule has 0 atom stereocenters. The summed E-state index contributed by atoms with van der Waals surface area (Å²) in [6, 6.07) is 9.53. The Morgan fingerprint density at radius 3 is 2.91 bits per heavy atom. The van der Waals surface area contributed by atoms with Crippen molar-refractivity contribution in [1.82, 2.24) is 14.5 Å². The number of anilines is 1. The molecule has 0 bridgehead atoms. The van der Waals surface area contributed by atoms with E-state index in [1.807, 2.05) is 11.5 Å². The molecule has 0 saturated carbocycles. The van der Waals surface area contributed by atoms with Crippen molar-refractivity contribution in [2.45, 2.75) is 19.9 Å². The van der Waals surface area contributed by atoms with Gasteiger partial charge in [-0.25, -0.2) is 9.37 Å². The number of amides is 1. The molecule has 0 saturated heterocycles. The van der Waals surface area contributed by atoms with Crippen LogP contribution in [0.1, 0.15) is 23.8 Å². The molecule has 3 rings (SSSR count). The lowest BCUT2D eigenvalue weighted by molar-refractivity contribution is 0.102. The lowest BCUT2D eigenvalue weighted by Crippen LogP contribution is -2.17. The number of carbonyl (C=O) groups is 1. The van der Waals surface area contributed by atoms with E-state index in [9.17, 15) is 9.18 Å². The molecule has 112 valence electrons. The van der Waals surface area contributed by atoms with Gasteiger partial charge in [-0.2, -0.15) is 0 Å². The fourth-order valence-electron chi connectivity index (χ4n) is 2.31. The number of carbonyl (C=O) groups excluding carboxylic acids is 1. The fourth-order valence-corrected chi connectivity index (χ4v) is 2.31. The Bertz CT molecular complexity index is 814. The van der Waals surface area contributed by atoms with Crippen LogP contribution >= 0.6 is 0 Å². The number of pyridine rings is 1. The van der Waals surface area contributed by atoms with Crippen LogP contribution in [0.25, 0.3) is 11.0 Å². The summed E-state index contributed by atoms with van der Waals surface area (Å²) in [6.45, 7) is 2.71. The summed E-state index contributed by atoms with van der Waals surface area (Å²) in [5.74, 6) is -0.289. The third-order valence-electron chi connectivity index (χ3n) is 3.28. The Morgan fingerprint density at radius 2 is 2.18 bits per heavy atom. The van der Waals surface area contributed by atoms with Crippen molar-refractivity contribution < 1.29 is 9.18 Å². The molecule has 2 heterocycles. The first-order valence-electron chi connectivity index (χ1n) is 7.07. The molecule has 0 aliphatic carbocycles. The highest BCUT2D eigenvalue weighted by atomic mass is 19.1. The molecule has 6 heteroatoms. The highest BCUT2D eigenvalue weighted by Gasteiger charge is 2.15. The molecule has 0 fully saturated rings. The van der Waals surface area contributed by atoms with Crippen LogP contribution in [0.15, 0.2) is 42.6 Å². The second-order valence-corrected chi connectivity index (χ2v) is 4.89. The average Bonchev–Trinajstić information content (AvgIpc) is 2.85. The van der Waals surface area contributed by atoms with Gasteiger partial charge in [0.25, 0.3) is 5.91 Å². The van der Waals surface area contributed by atoms with Crippen molar-refractivity contribution in [1.29, 1.82) is 0 Å². The molecule has 22 heavy (non-hydrogen) atoms. The maximum Gasteiger partial charge on any atom is 0.276 e. The molecule has 0 radical (unpaired) electrons. The van der Waals surface area contributed by atoms with Gasteiger partial charge in [-0.1, -0.05) is 13.0 Å². The first kappa shape index (κ1) is 14.2. The number of aromatic nitrogens is 3. The van der Waals surface area contributed by atoms with Gasteiger partial charge in [0.05, 0.1) is 11.0 Å². The third-order valence-corrected chi connectivity index (χ3v) is 3.28. The molecule has 3 aromatic rings. The highest BCUT2D eigenvalue weighted by molar-refractivity contribution is 6.02. The van der Waals surface area contributed by atoms with Gasteiger partial charge in [-0.15, -0.1) is 0 Å². The van der Waals surface area contributed by atoms with Crippen LogP contribution in [-0.4, -0.2) is 20.4 Å². The number of fused-ring (bicyclic) bond motifs is 1. The van der Waals surface area contributed by atoms with E-state index in [1.165, 1.54) is 12.1 Å². The third kappa shape index (κ3) is 2.67. The molecule has 1 N–H and O–H groups in total. The van der Waals surface area contributed by atoms with Crippen LogP contribution in [0.3, 0.4) is 0 Å². The van der Waals surface area contributed by atoms with Crippen molar-refractivity contribution in [3.8, 4) is 0 Å². The summed E-state index contributed by atoms with van der Waals surface area (Å²) in [7, 11) is 0. The monoisotopic (exact) mass is 298 g/mol. The maximum atomic E-state index is 13.3. The molecule has 0 spiro atoms. The van der Waals surface area contributed by atoms with Crippen molar-refractivity contribution >= 4 is 22.9 Å². The Labute approximate surface area is 126 Å². The summed E-state index contributed by atoms with van der Waals surface area (Å²) in [5.41, 5.74) is 1.62. The van der Waals surface area contributed by atoms with Crippen molar-refractivity contribution in [2.24, 2.45) is 0 Å². The molecule has 5 nitrogen and oxygen atoms in total. The van der Waals surface area contributed by atoms with Crippen LogP contribution < -0.4 is 5.32 Å². The second-order valence-electron chi connectivity index (χ2n) is 4.89. The van der Waals surface area contributed by atoms with Crippen LogP contribution in [0.4, 0.5) is 10.3 Å². The topological polar surface area (TPSA) is 59.8 Å². The number of nitrogens with one attached hydrogen (secondary N) is 1. The number of halogens is 1. The van der Waals surface area contributed by atoms with E-state index in [2.05, 4.69) is 15.3 Å². The summed E-state index contributed by atoms with van der Waals surface area (Å²) in [4.78, 5) is 20.5. The number of nitrogens with zero attached hydrogens (tertiary/aromatic N) is 3. The molecule has 0 aliphatic rings. The molecule has 0 unspecified atom stereocenters. The van der Waals surface area contributed by atoms with E-state index in [4.69, 9.17) is 0 Å². The van der Waals surface area contributed by atoms with Crippen molar-refractivity contribution in [3.63, 3.8) is 0 Å². The lowest BCUT2D eigenvalue weighted by Gasteiger charge is -2.08. The SMILES string of the molecule is CCCn1c(NC(=O)c2ccccn2)nc2cc(F)ccc21. The summed E-state index contributed by atoms with van der Waals surface area (Å²) in [6.07, 6.45) is 2.43. The van der Waals surface area contributed by atoms with Gasteiger partial charge in [-0.05, 0) is 30.7 Å². The second kappa shape index (κ2) is 5.93. The Balaban J connectivity index is 1.99. The van der Waals surface area contributed by atoms with Gasteiger partial charge < -0.3 is 4.57 Å². The zero-order valence-corrected chi connectivity index (χ0v) is 12.1. The van der Waals surface area contributed by atoms with Crippen LogP contribution in [0, 0.1) is 5.82 Å². The van der Waals surface area contributed by atoms with Crippen molar-refractivity contribution in [2.75, 3.05) is 5.32 Å². The summed E-state index contributed by atoms with van der Waals surface area (Å²) in [5, 5.41) is 2.75. The van der Waals surface area contributed by atoms with Gasteiger partial charge in [-0.3, -0.25) is 15.1 Å². The number of benzene rings is 1. The van der Waals surface area contributed by atoms with Crippen molar-refractivity contribution in [3.05, 3.63) is 54.1 Å². The maximum absolute atomic E-state index is 13.3. The van der Waals surface area contributed by atoms with Gasteiger partial charge in [0.2, 0.25) is 5.95 Å². The minimum Gasteiger partial charge on any atom is -0.310 e. The number of imidazole rings is 1. The minimum absolute atomic E-state index is 0.309. The van der Waals surface area contributed by atoms with E-state index < -0.39 is 0 Å². The van der Waals surface area contributed by atoms with E-state index in [-0.39, 0.29) is 11.7 Å². The van der Waals surface area contributed by atoms with Gasteiger partial charge in [0, 0.05) is 18.8 Å². The predicted molar refractivity (Wildman–Crippen MR) is 82.2 cm³/mol. The molecule has 1 aromatic carbocycles. The van der Waals surface area contributed by atoms with Gasteiger partial charge >= 0.3 is 0 Å². The standard InChI is InChI=1S/C16H15FN4O/c1-2-9-21-14-7-6-11(17)10-13(14)19-16(21)20-15(22)12-5-3-4-8-18-12/h3-8,10H,2,9H2,1H3,(H,19,20,22). The normalized spacial score (nSPS) is 10.8. The molecular formula is C16H15FN4O. The fraction of sp³-hybridized carbons (Fsp3) is 0.188. The van der Waals surface area contributed by atoms with Gasteiger partial charge in [0.1, 0.15) is 11.5 Å². The van der Waals surface area contributed by atoms with Crippen LogP contribution in [0.2, 0.25) is 0 Å². The summed E-state index contributed by atoms with van der Waals surface area (Å²) < 4.78 is 15.2. The highest BCUT2D eigenvalue weighted by Crippen LogP contribution is 2.21. The van der Waals surface area contributed by atoms with E-state index >= 15 is 0 Å². The predicted octanol–water partition coefficient (Wildman–Crippen LogP) is 3.23. The van der Waals surface area contributed by atoms with E-state index in [1.54, 1.807) is 30.5 Å². The number of hydrogen-bond donors (Lipinski definition) is 1. The first-order valence-corrected chi connectivity index (χ1v) is 7.07. The zero-order chi connectivity index (χ0) is 15.5. The number of aryl methyl sites for hydroxylation is 1. The zero-order valence-electron chi connectivity index (χ0n) is 12.1. The average molecular weight is 298 g/mol. The van der Waals surface area contributed by atoms with Crippen LogP contribution in [0.5, 0.6) is 0 Å². The molecule has 1 amide bonds. The quantitative estimate of drug-likeness (QED) is 0.804. The molecular weight excluding hydrogens is 283 g/mol. The van der Waals surface area contributed by atoms with E-state index in [0.29, 0.717) is 23.7 Å². The molecule has 2 aromatic heterocycles. The minimum atomic E-state index is -0.351. The smallest absolute Gasteiger partial charge is 0.276 e. The first-order chi connectivity index (χ1) is 10.7.